The van der Waals surface area contributed by atoms with Gasteiger partial charge in [0.15, 0.2) is 5.69 Å². The molecule has 0 spiro atoms. The molecule has 0 fully saturated rings. The maximum absolute atomic E-state index is 12.2. The van der Waals surface area contributed by atoms with Crippen LogP contribution in [0.4, 0.5) is 0 Å². The summed E-state index contributed by atoms with van der Waals surface area (Å²) in [5, 5.41) is 9.10. The first-order valence-corrected chi connectivity index (χ1v) is 8.17. The maximum atomic E-state index is 12.2. The van der Waals surface area contributed by atoms with E-state index in [0.717, 1.165) is 16.8 Å². The molecular weight excluding hydrogens is 336 g/mol. The molecule has 25 heavy (non-hydrogen) atoms. The number of halogens is 1. The minimum Gasteiger partial charge on any atom is -0.268 e. The van der Waals surface area contributed by atoms with E-state index in [1.54, 1.807) is 16.9 Å². The van der Waals surface area contributed by atoms with Crippen molar-refractivity contribution in [2.24, 2.45) is 5.10 Å². The molecule has 0 radical (unpaired) electrons. The van der Waals surface area contributed by atoms with Crippen LogP contribution in [-0.2, 0) is 6.54 Å². The average Bonchev–Trinajstić information content (AvgIpc) is 3.10. The summed E-state index contributed by atoms with van der Waals surface area (Å²) < 4.78 is 1.70. The minimum atomic E-state index is -0.342. The number of aromatic nitrogens is 2. The lowest BCUT2D eigenvalue weighted by Crippen LogP contribution is -2.20. The molecular formula is C19H17ClN4O. The van der Waals surface area contributed by atoms with Crippen molar-refractivity contribution >= 4 is 23.2 Å². The minimum absolute atomic E-state index is 0.318. The van der Waals surface area contributed by atoms with Crippen molar-refractivity contribution in [3.05, 3.63) is 88.7 Å². The molecule has 0 aliphatic carbocycles. The normalized spacial score (nSPS) is 11.4. The van der Waals surface area contributed by atoms with Crippen molar-refractivity contribution < 1.29 is 4.79 Å². The highest BCUT2D eigenvalue weighted by Gasteiger charge is 2.09. The average molecular weight is 353 g/mol. The molecule has 3 rings (SSSR count). The second kappa shape index (κ2) is 7.77. The summed E-state index contributed by atoms with van der Waals surface area (Å²) in [6.45, 7) is 2.41. The van der Waals surface area contributed by atoms with Gasteiger partial charge in [-0.2, -0.15) is 10.2 Å². The van der Waals surface area contributed by atoms with Crippen LogP contribution in [-0.4, -0.2) is 21.4 Å². The Morgan fingerprint density at radius 3 is 2.56 bits per heavy atom. The van der Waals surface area contributed by atoms with Gasteiger partial charge in [0, 0.05) is 11.2 Å². The predicted octanol–water partition coefficient (Wildman–Crippen LogP) is 3.74. The SMILES string of the molecule is CC(=NNC(=O)c1ccn(Cc2ccc(Cl)cc2)n1)c1ccccc1. The monoisotopic (exact) mass is 352 g/mol. The summed E-state index contributed by atoms with van der Waals surface area (Å²) >= 11 is 5.88. The van der Waals surface area contributed by atoms with Crippen molar-refractivity contribution in [2.75, 3.05) is 0 Å². The first kappa shape index (κ1) is 16.9. The number of hydrogen-bond donors (Lipinski definition) is 1. The van der Waals surface area contributed by atoms with Gasteiger partial charge in [-0.1, -0.05) is 54.1 Å². The van der Waals surface area contributed by atoms with Crippen molar-refractivity contribution in [2.45, 2.75) is 13.5 Å². The number of amides is 1. The van der Waals surface area contributed by atoms with Crippen LogP contribution in [0.5, 0.6) is 0 Å². The van der Waals surface area contributed by atoms with Gasteiger partial charge < -0.3 is 0 Å². The summed E-state index contributed by atoms with van der Waals surface area (Å²) in [7, 11) is 0. The molecule has 3 aromatic rings. The zero-order valence-corrected chi connectivity index (χ0v) is 14.4. The third-order valence-electron chi connectivity index (χ3n) is 3.65. The fraction of sp³-hybridized carbons (Fsp3) is 0.105. The van der Waals surface area contributed by atoms with E-state index < -0.39 is 0 Å². The van der Waals surface area contributed by atoms with Gasteiger partial charge in [0.05, 0.1) is 12.3 Å². The zero-order valence-electron chi connectivity index (χ0n) is 13.7. The van der Waals surface area contributed by atoms with E-state index in [1.165, 1.54) is 0 Å². The van der Waals surface area contributed by atoms with Crippen molar-refractivity contribution in [1.82, 2.24) is 15.2 Å². The number of nitrogens with zero attached hydrogens (tertiary/aromatic N) is 3. The Morgan fingerprint density at radius 2 is 1.84 bits per heavy atom. The molecule has 0 aliphatic rings. The van der Waals surface area contributed by atoms with Gasteiger partial charge in [-0.15, -0.1) is 0 Å². The predicted molar refractivity (Wildman–Crippen MR) is 98.9 cm³/mol. The fourth-order valence-corrected chi connectivity index (χ4v) is 2.41. The first-order valence-electron chi connectivity index (χ1n) is 7.80. The molecule has 1 N–H and O–H groups in total. The van der Waals surface area contributed by atoms with E-state index in [1.807, 2.05) is 61.5 Å². The lowest BCUT2D eigenvalue weighted by Gasteiger charge is -2.02. The molecule has 1 heterocycles. The molecule has 0 bridgehead atoms. The van der Waals surface area contributed by atoms with Gasteiger partial charge in [0.1, 0.15) is 0 Å². The highest BCUT2D eigenvalue weighted by atomic mass is 35.5. The Kier molecular flexibility index (Phi) is 5.26. The Balaban J connectivity index is 1.63. The molecule has 1 aromatic heterocycles. The molecule has 0 unspecified atom stereocenters. The van der Waals surface area contributed by atoms with Crippen LogP contribution in [0.1, 0.15) is 28.5 Å². The van der Waals surface area contributed by atoms with Crippen molar-refractivity contribution in [3.8, 4) is 0 Å². The summed E-state index contributed by atoms with van der Waals surface area (Å²) in [5.41, 5.74) is 5.59. The second-order valence-corrected chi connectivity index (χ2v) is 5.97. The Labute approximate surface area is 150 Å². The van der Waals surface area contributed by atoms with E-state index in [0.29, 0.717) is 17.3 Å². The molecule has 2 aromatic carbocycles. The van der Waals surface area contributed by atoms with E-state index in [9.17, 15) is 4.79 Å². The third kappa shape index (κ3) is 4.55. The number of carbonyl (C=O) groups is 1. The first-order chi connectivity index (χ1) is 12.1. The van der Waals surface area contributed by atoms with Gasteiger partial charge in [-0.05, 0) is 36.2 Å². The summed E-state index contributed by atoms with van der Waals surface area (Å²) in [6, 6.07) is 18.8. The molecule has 0 atom stereocenters. The zero-order chi connectivity index (χ0) is 17.6. The molecule has 1 amide bonds. The van der Waals surface area contributed by atoms with Crippen LogP contribution >= 0.6 is 11.6 Å². The summed E-state index contributed by atoms with van der Waals surface area (Å²) in [6.07, 6.45) is 1.76. The lowest BCUT2D eigenvalue weighted by molar-refractivity contribution is 0.0949. The molecule has 6 heteroatoms. The Hall–Kier alpha value is -2.92. The van der Waals surface area contributed by atoms with Gasteiger partial charge in [0.25, 0.3) is 5.91 Å². The number of hydrogen-bond acceptors (Lipinski definition) is 3. The largest absolute Gasteiger partial charge is 0.291 e. The summed E-state index contributed by atoms with van der Waals surface area (Å²) in [5.74, 6) is -0.342. The second-order valence-electron chi connectivity index (χ2n) is 5.53. The molecule has 5 nitrogen and oxygen atoms in total. The Bertz CT molecular complexity index is 885. The van der Waals surface area contributed by atoms with E-state index in [4.69, 9.17) is 11.6 Å². The van der Waals surface area contributed by atoms with Gasteiger partial charge in [-0.3, -0.25) is 9.48 Å². The molecule has 0 saturated heterocycles. The van der Waals surface area contributed by atoms with Crippen LogP contribution in [0.3, 0.4) is 0 Å². The van der Waals surface area contributed by atoms with Crippen LogP contribution in [0.2, 0.25) is 5.02 Å². The number of hydrazone groups is 1. The maximum Gasteiger partial charge on any atom is 0.291 e. The lowest BCUT2D eigenvalue weighted by atomic mass is 10.1. The van der Waals surface area contributed by atoms with Crippen LogP contribution in [0, 0.1) is 0 Å². The quantitative estimate of drug-likeness (QED) is 0.561. The molecule has 126 valence electrons. The smallest absolute Gasteiger partial charge is 0.268 e. The van der Waals surface area contributed by atoms with Gasteiger partial charge in [-0.25, -0.2) is 5.43 Å². The Morgan fingerprint density at radius 1 is 1.12 bits per heavy atom. The van der Waals surface area contributed by atoms with Crippen molar-refractivity contribution in [3.63, 3.8) is 0 Å². The number of rotatable bonds is 5. The highest BCUT2D eigenvalue weighted by Crippen LogP contribution is 2.10. The van der Waals surface area contributed by atoms with Crippen LogP contribution in [0.15, 0.2) is 72.0 Å². The number of carbonyl (C=O) groups excluding carboxylic acids is 1. The summed E-state index contributed by atoms with van der Waals surface area (Å²) in [4.78, 5) is 12.2. The van der Waals surface area contributed by atoms with Crippen LogP contribution in [0.25, 0.3) is 0 Å². The number of benzene rings is 2. The van der Waals surface area contributed by atoms with E-state index >= 15 is 0 Å². The van der Waals surface area contributed by atoms with E-state index in [2.05, 4.69) is 15.6 Å². The van der Waals surface area contributed by atoms with Crippen molar-refractivity contribution in [1.29, 1.82) is 0 Å². The topological polar surface area (TPSA) is 59.3 Å². The van der Waals surface area contributed by atoms with Gasteiger partial charge in [0.2, 0.25) is 0 Å². The molecule has 0 saturated carbocycles. The van der Waals surface area contributed by atoms with E-state index in [-0.39, 0.29) is 5.91 Å². The highest BCUT2D eigenvalue weighted by molar-refractivity contribution is 6.30. The third-order valence-corrected chi connectivity index (χ3v) is 3.90. The standard InChI is InChI=1S/C19H17ClN4O/c1-14(16-5-3-2-4-6-16)21-22-19(25)18-11-12-24(23-18)13-15-7-9-17(20)10-8-15/h2-12H,13H2,1H3,(H,22,25). The van der Waals surface area contributed by atoms with Gasteiger partial charge >= 0.3 is 0 Å². The number of nitrogens with one attached hydrogen (secondary N) is 1. The molecule has 0 aliphatic heterocycles. The van der Waals surface area contributed by atoms with Crippen LogP contribution < -0.4 is 5.43 Å². The fourth-order valence-electron chi connectivity index (χ4n) is 2.28.